The average Bonchev–Trinajstić information content (AvgIpc) is 3.71. The second kappa shape index (κ2) is 12.5. The molecular formula is C30H30F2N6O5S. The van der Waals surface area contributed by atoms with E-state index < -0.39 is 29.7 Å². The molecule has 2 aromatic heterocycles. The molecule has 1 aliphatic carbocycles. The van der Waals surface area contributed by atoms with Gasteiger partial charge >= 0.3 is 6.09 Å². The molecule has 230 valence electrons. The van der Waals surface area contributed by atoms with Crippen LogP contribution in [0, 0.1) is 17.8 Å². The molecule has 3 aromatic rings. The van der Waals surface area contributed by atoms with Gasteiger partial charge in [-0.15, -0.1) is 10.2 Å². The number of hydrogen-bond acceptors (Lipinski definition) is 9. The molecule has 1 saturated heterocycles. The van der Waals surface area contributed by atoms with Crippen LogP contribution in [0.4, 0.5) is 24.4 Å². The van der Waals surface area contributed by atoms with Gasteiger partial charge in [-0.25, -0.2) is 13.6 Å². The van der Waals surface area contributed by atoms with Crippen molar-refractivity contribution in [1.82, 2.24) is 20.1 Å². The monoisotopic (exact) mass is 624 g/mol. The summed E-state index contributed by atoms with van der Waals surface area (Å²) in [5.41, 5.74) is -0.318. The van der Waals surface area contributed by atoms with Crippen LogP contribution >= 0.6 is 11.3 Å². The second-order valence-electron chi connectivity index (χ2n) is 11.2. The topological polar surface area (TPSA) is 127 Å². The first-order valence-electron chi connectivity index (χ1n) is 13.8. The fourth-order valence-corrected chi connectivity index (χ4v) is 4.98. The van der Waals surface area contributed by atoms with E-state index in [0.717, 1.165) is 36.4 Å². The zero-order valence-electron chi connectivity index (χ0n) is 24.5. The maximum Gasteiger partial charge on any atom is 0.410 e. The normalized spacial score (nSPS) is 15.1. The lowest BCUT2D eigenvalue weighted by molar-refractivity contribution is -0.121. The van der Waals surface area contributed by atoms with Crippen LogP contribution in [0.3, 0.4) is 0 Å². The van der Waals surface area contributed by atoms with Crippen LogP contribution in [0.2, 0.25) is 0 Å². The first-order chi connectivity index (χ1) is 20.9. The second-order valence-corrected chi connectivity index (χ2v) is 12.2. The zero-order chi connectivity index (χ0) is 31.6. The molecule has 3 amide bonds. The third-order valence-corrected chi connectivity index (χ3v) is 7.41. The number of nitrogens with zero attached hydrogens (tertiary/aromatic N) is 5. The number of piperazine rings is 1. The van der Waals surface area contributed by atoms with Crippen molar-refractivity contribution in [2.75, 3.05) is 37.0 Å². The van der Waals surface area contributed by atoms with Crippen LogP contribution < -0.4 is 15.0 Å². The van der Waals surface area contributed by atoms with Gasteiger partial charge in [0.15, 0.2) is 5.01 Å². The van der Waals surface area contributed by atoms with E-state index in [1.54, 1.807) is 32.9 Å². The first kappa shape index (κ1) is 30.8. The minimum atomic E-state index is -2.88. The molecule has 0 unspecified atom stereocenters. The number of alkyl halides is 2. The maximum absolute atomic E-state index is 13.7. The molecule has 1 saturated carbocycles. The Hall–Kier alpha value is -4.64. The molecule has 0 spiro atoms. The molecule has 0 radical (unpaired) electrons. The van der Waals surface area contributed by atoms with Crippen molar-refractivity contribution in [3.63, 3.8) is 0 Å². The van der Waals surface area contributed by atoms with E-state index in [4.69, 9.17) is 9.47 Å². The Labute approximate surface area is 256 Å². The lowest BCUT2D eigenvalue weighted by Gasteiger charge is -2.35. The third-order valence-electron chi connectivity index (χ3n) is 6.66. The summed E-state index contributed by atoms with van der Waals surface area (Å²) in [5, 5.41) is 11.4. The molecule has 2 fully saturated rings. The minimum absolute atomic E-state index is 0.110. The van der Waals surface area contributed by atoms with Crippen molar-refractivity contribution in [2.45, 2.75) is 45.6 Å². The van der Waals surface area contributed by atoms with Crippen molar-refractivity contribution < 1.29 is 32.6 Å². The lowest BCUT2D eigenvalue weighted by Crippen LogP contribution is -2.53. The van der Waals surface area contributed by atoms with E-state index in [1.807, 2.05) is 0 Å². The molecule has 0 bridgehead atoms. The summed E-state index contributed by atoms with van der Waals surface area (Å²) in [6.07, 6.45) is -0.196. The Morgan fingerprint density at radius 3 is 2.57 bits per heavy atom. The predicted molar refractivity (Wildman–Crippen MR) is 159 cm³/mol. The molecular weight excluding hydrogens is 594 g/mol. The van der Waals surface area contributed by atoms with Crippen LogP contribution in [0.15, 0.2) is 30.5 Å². The number of carbonyl (C=O) groups is 3. The Kier molecular flexibility index (Phi) is 8.78. The number of rotatable bonds is 6. The van der Waals surface area contributed by atoms with Gasteiger partial charge in [-0.1, -0.05) is 17.3 Å². The maximum atomic E-state index is 13.7. The van der Waals surface area contributed by atoms with E-state index in [0.29, 0.717) is 16.6 Å². The number of halogens is 2. The lowest BCUT2D eigenvalue weighted by atomic mass is 9.97. The molecule has 1 N–H and O–H groups in total. The average molecular weight is 625 g/mol. The highest BCUT2D eigenvalue weighted by atomic mass is 32.1. The molecule has 11 nitrogen and oxygen atoms in total. The number of nitrogens with one attached hydrogen (secondary N) is 1. The molecule has 0 atom stereocenters. The van der Waals surface area contributed by atoms with E-state index in [1.165, 1.54) is 23.0 Å². The number of ether oxygens (including phenoxy) is 2. The molecule has 1 aliphatic heterocycles. The van der Waals surface area contributed by atoms with Crippen molar-refractivity contribution in [1.29, 1.82) is 0 Å². The smallest absolute Gasteiger partial charge is 0.410 e. The van der Waals surface area contributed by atoms with Crippen LogP contribution in [-0.4, -0.2) is 70.3 Å². The predicted octanol–water partition coefficient (Wildman–Crippen LogP) is 5.14. The number of benzene rings is 1. The Morgan fingerprint density at radius 1 is 1.14 bits per heavy atom. The van der Waals surface area contributed by atoms with Crippen molar-refractivity contribution in [3.8, 4) is 28.7 Å². The van der Waals surface area contributed by atoms with Gasteiger partial charge in [-0.05, 0) is 63.8 Å². The largest absolute Gasteiger partial charge is 0.494 e. The van der Waals surface area contributed by atoms with Gasteiger partial charge in [0.25, 0.3) is 12.3 Å². The first-order valence-corrected chi connectivity index (χ1v) is 14.6. The Morgan fingerprint density at radius 2 is 1.91 bits per heavy atom. The summed E-state index contributed by atoms with van der Waals surface area (Å²) < 4.78 is 38.2. The summed E-state index contributed by atoms with van der Waals surface area (Å²) in [6.45, 7) is 5.35. The van der Waals surface area contributed by atoms with Crippen LogP contribution in [-0.2, 0) is 9.53 Å². The number of hydrogen-bond donors (Lipinski definition) is 1. The molecule has 44 heavy (non-hydrogen) atoms. The van der Waals surface area contributed by atoms with E-state index in [2.05, 4.69) is 32.3 Å². The zero-order valence-corrected chi connectivity index (χ0v) is 25.3. The number of aromatic nitrogens is 3. The van der Waals surface area contributed by atoms with E-state index in [9.17, 15) is 23.2 Å². The Bertz CT molecular complexity index is 1660. The Balaban J connectivity index is 1.47. The van der Waals surface area contributed by atoms with Gasteiger partial charge in [0.05, 0.1) is 13.3 Å². The van der Waals surface area contributed by atoms with Crippen LogP contribution in [0.25, 0.3) is 11.1 Å². The molecule has 1 aromatic carbocycles. The van der Waals surface area contributed by atoms with Gasteiger partial charge in [-0.2, -0.15) is 0 Å². The molecule has 14 heteroatoms. The highest BCUT2D eigenvalue weighted by Crippen LogP contribution is 2.37. The summed E-state index contributed by atoms with van der Waals surface area (Å²) in [7, 11) is 1.36. The van der Waals surface area contributed by atoms with Gasteiger partial charge in [-0.3, -0.25) is 24.8 Å². The van der Waals surface area contributed by atoms with Crippen molar-refractivity contribution in [3.05, 3.63) is 46.7 Å². The number of carbonyl (C=O) groups excluding carboxylic acids is 3. The van der Waals surface area contributed by atoms with Crippen LogP contribution in [0.5, 0.6) is 5.75 Å². The SMILES string of the molecule is COc1cnc(C(F)F)cc1-c1cc(N2CCN(C(=O)OC(C)(C)C)CC2=O)ccc1C(=O)Nc1nnc(C#CC2CC2)s1. The number of pyridine rings is 1. The molecule has 2 aliphatic rings. The van der Waals surface area contributed by atoms with Gasteiger partial charge in [0.2, 0.25) is 11.0 Å². The fraction of sp³-hybridized carbons (Fsp3) is 0.400. The number of amides is 3. The number of methoxy groups -OCH3 is 1. The molecule has 5 rings (SSSR count). The fourth-order valence-electron chi connectivity index (χ4n) is 4.38. The van der Waals surface area contributed by atoms with Gasteiger partial charge in [0.1, 0.15) is 23.6 Å². The van der Waals surface area contributed by atoms with E-state index in [-0.39, 0.29) is 53.1 Å². The number of anilines is 2. The highest BCUT2D eigenvalue weighted by Gasteiger charge is 2.32. The summed E-state index contributed by atoms with van der Waals surface area (Å²) in [6, 6.07) is 5.77. The minimum Gasteiger partial charge on any atom is -0.494 e. The van der Waals surface area contributed by atoms with Gasteiger partial charge < -0.3 is 14.4 Å². The van der Waals surface area contributed by atoms with Gasteiger partial charge in [0, 0.05) is 41.4 Å². The van der Waals surface area contributed by atoms with E-state index >= 15 is 0 Å². The summed E-state index contributed by atoms with van der Waals surface area (Å²) >= 11 is 1.12. The summed E-state index contributed by atoms with van der Waals surface area (Å²) in [5.74, 6) is 5.61. The standard InChI is InChI=1S/C30H30F2N6O5S/c1-30(2,3)43-29(41)37-11-12-38(25(39)16-37)18-8-9-19(20(13-18)21-14-22(26(31)32)33-15-23(21)42-4)27(40)34-28-36-35-24(44-28)10-7-17-5-6-17/h8-9,13-15,17,26H,5-6,11-12,16H2,1-4H3,(H,34,36,40). The molecule has 3 heterocycles. The quantitative estimate of drug-likeness (QED) is 0.374. The summed E-state index contributed by atoms with van der Waals surface area (Å²) in [4.78, 5) is 45.8. The van der Waals surface area contributed by atoms with Crippen molar-refractivity contribution in [2.24, 2.45) is 5.92 Å². The highest BCUT2D eigenvalue weighted by molar-refractivity contribution is 7.15. The van der Waals surface area contributed by atoms with Crippen molar-refractivity contribution >= 4 is 40.1 Å². The van der Waals surface area contributed by atoms with Crippen LogP contribution in [0.1, 0.15) is 61.1 Å². The third kappa shape index (κ3) is 7.28.